The fraction of sp³-hybridized carbons (Fsp3) is 0.350. The second-order valence-electron chi connectivity index (χ2n) is 6.58. The van der Waals surface area contributed by atoms with E-state index in [-0.39, 0.29) is 0 Å². The van der Waals surface area contributed by atoms with Crippen molar-refractivity contribution in [1.29, 1.82) is 0 Å². The molecule has 1 aliphatic rings. The molecule has 25 heavy (non-hydrogen) atoms. The zero-order chi connectivity index (χ0) is 17.8. The van der Waals surface area contributed by atoms with Gasteiger partial charge in [0.25, 0.3) is 0 Å². The minimum Gasteiger partial charge on any atom is -0.295 e. The highest BCUT2D eigenvalue weighted by Gasteiger charge is 2.16. The van der Waals surface area contributed by atoms with Gasteiger partial charge < -0.3 is 0 Å². The lowest BCUT2D eigenvalue weighted by Crippen LogP contribution is -2.43. The maximum atomic E-state index is 6.04. The smallest absolute Gasteiger partial charge is 0.0598 e. The standard InChI is InChI=1S/C20H23Cl2N3/c1-15-3-5-18(16(2)11-15)14-24-7-9-25(10-8-24)23-13-17-4-6-19(21)20(22)12-17/h3-6,11-13H,7-10,14H2,1-2H3/b23-13+. The summed E-state index contributed by atoms with van der Waals surface area (Å²) in [5, 5.41) is 7.81. The first-order chi connectivity index (χ1) is 12.0. The molecule has 0 amide bonds. The Bertz CT molecular complexity index is 766. The van der Waals surface area contributed by atoms with Crippen molar-refractivity contribution < 1.29 is 0 Å². The van der Waals surface area contributed by atoms with Gasteiger partial charge in [0.05, 0.1) is 16.3 Å². The number of halogens is 2. The maximum absolute atomic E-state index is 6.04. The summed E-state index contributed by atoms with van der Waals surface area (Å²) in [5.41, 5.74) is 5.08. The highest BCUT2D eigenvalue weighted by atomic mass is 35.5. The molecular weight excluding hydrogens is 353 g/mol. The van der Waals surface area contributed by atoms with E-state index in [2.05, 4.69) is 47.1 Å². The summed E-state index contributed by atoms with van der Waals surface area (Å²) in [6, 6.07) is 12.3. The van der Waals surface area contributed by atoms with Gasteiger partial charge in [0.1, 0.15) is 0 Å². The minimum atomic E-state index is 0.559. The summed E-state index contributed by atoms with van der Waals surface area (Å²) in [7, 11) is 0. The molecule has 0 unspecified atom stereocenters. The van der Waals surface area contributed by atoms with E-state index < -0.39 is 0 Å². The topological polar surface area (TPSA) is 18.8 Å². The number of hydrogen-bond acceptors (Lipinski definition) is 3. The van der Waals surface area contributed by atoms with Gasteiger partial charge in [-0.05, 0) is 42.7 Å². The van der Waals surface area contributed by atoms with Crippen molar-refractivity contribution >= 4 is 29.4 Å². The Balaban J connectivity index is 1.53. The molecule has 0 bridgehead atoms. The highest BCUT2D eigenvalue weighted by Crippen LogP contribution is 2.22. The second-order valence-corrected chi connectivity index (χ2v) is 7.39. The van der Waals surface area contributed by atoms with E-state index in [0.717, 1.165) is 38.3 Å². The van der Waals surface area contributed by atoms with Gasteiger partial charge >= 0.3 is 0 Å². The molecule has 0 spiro atoms. The van der Waals surface area contributed by atoms with Gasteiger partial charge in [-0.1, -0.05) is 53.0 Å². The molecule has 2 aromatic rings. The van der Waals surface area contributed by atoms with Crippen LogP contribution in [-0.2, 0) is 6.54 Å². The Labute approximate surface area is 159 Å². The second kappa shape index (κ2) is 8.22. The van der Waals surface area contributed by atoms with Crippen LogP contribution in [0.15, 0.2) is 41.5 Å². The predicted octanol–water partition coefficient (Wildman–Crippen LogP) is 4.76. The van der Waals surface area contributed by atoms with Crippen LogP contribution < -0.4 is 0 Å². The van der Waals surface area contributed by atoms with Crippen LogP contribution in [0.3, 0.4) is 0 Å². The molecule has 0 radical (unpaired) electrons. The van der Waals surface area contributed by atoms with Crippen LogP contribution in [0.1, 0.15) is 22.3 Å². The molecule has 3 rings (SSSR count). The van der Waals surface area contributed by atoms with E-state index in [1.807, 2.05) is 18.3 Å². The molecule has 0 atom stereocenters. The molecule has 0 saturated carbocycles. The molecule has 0 aromatic heterocycles. The molecule has 3 nitrogen and oxygen atoms in total. The van der Waals surface area contributed by atoms with Crippen molar-refractivity contribution in [2.45, 2.75) is 20.4 Å². The molecule has 1 saturated heterocycles. The van der Waals surface area contributed by atoms with Crippen molar-refractivity contribution in [3.8, 4) is 0 Å². The summed E-state index contributed by atoms with van der Waals surface area (Å²) in [6.45, 7) is 9.25. The summed E-state index contributed by atoms with van der Waals surface area (Å²) < 4.78 is 0. The van der Waals surface area contributed by atoms with Crippen LogP contribution in [0, 0.1) is 13.8 Å². The van der Waals surface area contributed by atoms with Crippen molar-refractivity contribution in [2.24, 2.45) is 5.10 Å². The molecule has 0 N–H and O–H groups in total. The summed E-state index contributed by atoms with van der Waals surface area (Å²) >= 11 is 12.0. The average Bonchev–Trinajstić information content (AvgIpc) is 2.60. The Morgan fingerprint density at radius 3 is 2.40 bits per heavy atom. The molecular formula is C20H23Cl2N3. The number of hydrazone groups is 1. The van der Waals surface area contributed by atoms with Gasteiger partial charge in [-0.15, -0.1) is 0 Å². The monoisotopic (exact) mass is 375 g/mol. The third-order valence-corrected chi connectivity index (χ3v) is 5.29. The lowest BCUT2D eigenvalue weighted by molar-refractivity contribution is 0.131. The minimum absolute atomic E-state index is 0.559. The largest absolute Gasteiger partial charge is 0.295 e. The Morgan fingerprint density at radius 1 is 0.960 bits per heavy atom. The van der Waals surface area contributed by atoms with Crippen molar-refractivity contribution in [3.63, 3.8) is 0 Å². The van der Waals surface area contributed by atoms with Crippen molar-refractivity contribution in [3.05, 3.63) is 68.7 Å². The third-order valence-electron chi connectivity index (χ3n) is 4.55. The van der Waals surface area contributed by atoms with Gasteiger partial charge in [0, 0.05) is 32.7 Å². The molecule has 1 fully saturated rings. The van der Waals surface area contributed by atoms with Crippen LogP contribution in [0.4, 0.5) is 0 Å². The zero-order valence-electron chi connectivity index (χ0n) is 14.7. The Morgan fingerprint density at radius 2 is 1.72 bits per heavy atom. The highest BCUT2D eigenvalue weighted by molar-refractivity contribution is 6.42. The van der Waals surface area contributed by atoms with E-state index in [4.69, 9.17) is 23.2 Å². The van der Waals surface area contributed by atoms with Crippen LogP contribution >= 0.6 is 23.2 Å². The van der Waals surface area contributed by atoms with Crippen molar-refractivity contribution in [1.82, 2.24) is 9.91 Å². The quantitative estimate of drug-likeness (QED) is 0.717. The number of rotatable bonds is 4. The maximum Gasteiger partial charge on any atom is 0.0598 e. The first-order valence-corrected chi connectivity index (χ1v) is 9.29. The van der Waals surface area contributed by atoms with Crippen LogP contribution in [-0.4, -0.2) is 42.3 Å². The zero-order valence-corrected chi connectivity index (χ0v) is 16.2. The third kappa shape index (κ3) is 4.97. The summed E-state index contributed by atoms with van der Waals surface area (Å²) in [4.78, 5) is 2.49. The predicted molar refractivity (Wildman–Crippen MR) is 107 cm³/mol. The van der Waals surface area contributed by atoms with Gasteiger partial charge in [0.15, 0.2) is 0 Å². The normalized spacial score (nSPS) is 15.9. The lowest BCUT2D eigenvalue weighted by atomic mass is 10.1. The van der Waals surface area contributed by atoms with Gasteiger partial charge in [-0.2, -0.15) is 5.10 Å². The van der Waals surface area contributed by atoms with E-state index in [9.17, 15) is 0 Å². The number of piperazine rings is 1. The van der Waals surface area contributed by atoms with E-state index >= 15 is 0 Å². The fourth-order valence-electron chi connectivity index (χ4n) is 3.02. The average molecular weight is 376 g/mol. The molecule has 0 aliphatic carbocycles. The van der Waals surface area contributed by atoms with Gasteiger partial charge in [0.2, 0.25) is 0 Å². The number of nitrogens with zero attached hydrogens (tertiary/aromatic N) is 3. The molecule has 2 aromatic carbocycles. The van der Waals surface area contributed by atoms with E-state index in [1.54, 1.807) is 6.07 Å². The molecule has 1 aliphatic heterocycles. The Hall–Kier alpha value is -1.55. The molecule has 132 valence electrons. The number of hydrogen-bond donors (Lipinski definition) is 0. The first kappa shape index (κ1) is 18.2. The summed E-state index contributed by atoms with van der Waals surface area (Å²) in [5.74, 6) is 0. The van der Waals surface area contributed by atoms with Crippen molar-refractivity contribution in [2.75, 3.05) is 26.2 Å². The number of aryl methyl sites for hydroxylation is 2. The lowest BCUT2D eigenvalue weighted by Gasteiger charge is -2.33. The van der Waals surface area contributed by atoms with Gasteiger partial charge in [-0.25, -0.2) is 0 Å². The SMILES string of the molecule is Cc1ccc(CN2CCN(/N=C/c3ccc(Cl)c(Cl)c3)CC2)c(C)c1. The first-order valence-electron chi connectivity index (χ1n) is 8.54. The van der Waals surface area contributed by atoms with Crippen LogP contribution in [0.5, 0.6) is 0 Å². The van der Waals surface area contributed by atoms with Crippen LogP contribution in [0.25, 0.3) is 0 Å². The van der Waals surface area contributed by atoms with Crippen LogP contribution in [0.2, 0.25) is 10.0 Å². The number of benzene rings is 2. The fourth-order valence-corrected chi connectivity index (χ4v) is 3.32. The Kier molecular flexibility index (Phi) is 6.00. The van der Waals surface area contributed by atoms with Gasteiger partial charge in [-0.3, -0.25) is 9.91 Å². The summed E-state index contributed by atoms with van der Waals surface area (Å²) in [6.07, 6.45) is 1.85. The van der Waals surface area contributed by atoms with E-state index in [1.165, 1.54) is 16.7 Å². The van der Waals surface area contributed by atoms with E-state index in [0.29, 0.717) is 10.0 Å². The molecule has 5 heteroatoms. The molecule has 1 heterocycles.